The van der Waals surface area contributed by atoms with Gasteiger partial charge >= 0.3 is 5.97 Å². The van der Waals surface area contributed by atoms with E-state index >= 15 is 0 Å². The van der Waals surface area contributed by atoms with Gasteiger partial charge in [-0.1, -0.05) is 30.8 Å². The highest BCUT2D eigenvalue weighted by atomic mass is 32.2. The molecule has 2 aromatic carbocycles. The second-order valence-corrected chi connectivity index (χ2v) is 11.4. The zero-order valence-corrected chi connectivity index (χ0v) is 23.8. The van der Waals surface area contributed by atoms with Crippen molar-refractivity contribution in [1.82, 2.24) is 4.72 Å². The third kappa shape index (κ3) is 6.78. The number of rotatable bonds is 12. The van der Waals surface area contributed by atoms with Crippen LogP contribution in [-0.2, 0) is 25.3 Å². The first-order chi connectivity index (χ1) is 19.1. The van der Waals surface area contributed by atoms with Crippen molar-refractivity contribution < 1.29 is 22.4 Å². The van der Waals surface area contributed by atoms with Gasteiger partial charge in [-0.15, -0.1) is 0 Å². The molecule has 9 heteroatoms. The summed E-state index contributed by atoms with van der Waals surface area (Å²) in [6, 6.07) is 18.1. The van der Waals surface area contributed by atoms with Gasteiger partial charge in [0.05, 0.1) is 12.4 Å². The van der Waals surface area contributed by atoms with E-state index in [1.165, 1.54) is 12.1 Å². The lowest BCUT2D eigenvalue weighted by atomic mass is 9.93. The van der Waals surface area contributed by atoms with Gasteiger partial charge in [-0.05, 0) is 62.6 Å². The van der Waals surface area contributed by atoms with Crippen LogP contribution < -0.4 is 15.1 Å². The van der Waals surface area contributed by atoms with E-state index in [4.69, 9.17) is 9.15 Å². The van der Waals surface area contributed by atoms with Gasteiger partial charge in [-0.3, -0.25) is 4.79 Å². The second kappa shape index (κ2) is 12.5. The van der Waals surface area contributed by atoms with Crippen LogP contribution in [0.25, 0.3) is 33.4 Å². The molecule has 0 saturated heterocycles. The molecule has 0 aromatic heterocycles. The third-order valence-electron chi connectivity index (χ3n) is 6.60. The lowest BCUT2D eigenvalue weighted by Gasteiger charge is -2.22. The van der Waals surface area contributed by atoms with Crippen molar-refractivity contribution in [3.63, 3.8) is 0 Å². The maximum atomic E-state index is 12.8. The van der Waals surface area contributed by atoms with Crippen molar-refractivity contribution in [1.29, 1.82) is 0 Å². The number of carbonyl (C=O) groups excluding carboxylic acids is 1. The average molecular weight is 563 g/mol. The summed E-state index contributed by atoms with van der Waals surface area (Å²) >= 11 is 0. The van der Waals surface area contributed by atoms with Gasteiger partial charge in [0.1, 0.15) is 11.3 Å². The molecule has 1 aliphatic carbocycles. The Morgan fingerprint density at radius 2 is 1.82 bits per heavy atom. The molecule has 1 heterocycles. The summed E-state index contributed by atoms with van der Waals surface area (Å²) in [6.45, 7) is 11.2. The van der Waals surface area contributed by atoms with Crippen LogP contribution in [0.2, 0.25) is 0 Å². The molecule has 2 aromatic rings. The van der Waals surface area contributed by atoms with Crippen molar-refractivity contribution in [3.8, 4) is 22.5 Å². The highest BCUT2D eigenvalue weighted by Crippen LogP contribution is 2.41. The third-order valence-corrected chi connectivity index (χ3v) is 7.96. The monoisotopic (exact) mass is 562 g/mol. The summed E-state index contributed by atoms with van der Waals surface area (Å²) < 4.78 is 39.4. The molecule has 0 spiro atoms. The Labute approximate surface area is 234 Å². The van der Waals surface area contributed by atoms with Crippen molar-refractivity contribution in [2.75, 3.05) is 31.1 Å². The average Bonchev–Trinajstić information content (AvgIpc) is 2.91. The summed E-state index contributed by atoms with van der Waals surface area (Å²) in [5, 5.41) is 0.865. The van der Waals surface area contributed by atoms with Gasteiger partial charge in [0.25, 0.3) is 0 Å². The van der Waals surface area contributed by atoms with Gasteiger partial charge in [-0.2, -0.15) is 0 Å². The number of nitrogens with zero attached hydrogens (tertiary/aromatic N) is 1. The van der Waals surface area contributed by atoms with Crippen LogP contribution >= 0.6 is 0 Å². The fourth-order valence-corrected chi connectivity index (χ4v) is 5.81. The van der Waals surface area contributed by atoms with Crippen LogP contribution in [0, 0.1) is 0 Å². The fourth-order valence-electron chi connectivity index (χ4n) is 4.63. The minimum atomic E-state index is -3.64. The van der Waals surface area contributed by atoms with E-state index in [1.807, 2.05) is 36.4 Å². The summed E-state index contributed by atoms with van der Waals surface area (Å²) in [5.74, 6) is -0.237. The topological polar surface area (TPSA) is 106 Å². The van der Waals surface area contributed by atoms with Crippen LogP contribution in [-0.4, -0.2) is 40.6 Å². The van der Waals surface area contributed by atoms with Crippen LogP contribution in [0.1, 0.15) is 32.8 Å². The lowest BCUT2D eigenvalue weighted by Crippen LogP contribution is -2.27. The lowest BCUT2D eigenvalue weighted by molar-refractivity contribution is -0.138. The molecule has 4 rings (SSSR count). The van der Waals surface area contributed by atoms with E-state index in [0.29, 0.717) is 28.9 Å². The minimum absolute atomic E-state index is 0.101. The Kier molecular flexibility index (Phi) is 9.07. The molecule has 0 bridgehead atoms. The van der Waals surface area contributed by atoms with Crippen LogP contribution in [0.5, 0.6) is 0 Å². The van der Waals surface area contributed by atoms with E-state index < -0.39 is 16.0 Å². The molecular formula is C31H34N2O6S. The number of hydrogen-bond acceptors (Lipinski definition) is 7. The number of nitrogens with one attached hydrogen (secondary N) is 1. The van der Waals surface area contributed by atoms with Gasteiger partial charge in [-0.25, -0.2) is 17.9 Å². The molecule has 40 heavy (non-hydrogen) atoms. The summed E-state index contributed by atoms with van der Waals surface area (Å²) in [4.78, 5) is 25.8. The van der Waals surface area contributed by atoms with Gasteiger partial charge in [0, 0.05) is 59.5 Å². The number of anilines is 1. The van der Waals surface area contributed by atoms with E-state index in [2.05, 4.69) is 30.0 Å². The molecule has 2 aliphatic rings. The van der Waals surface area contributed by atoms with Gasteiger partial charge < -0.3 is 14.1 Å². The Hall–Kier alpha value is -3.95. The highest BCUT2D eigenvalue weighted by molar-refractivity contribution is 7.88. The van der Waals surface area contributed by atoms with Crippen molar-refractivity contribution in [2.45, 2.75) is 32.9 Å². The number of esters is 1. The van der Waals surface area contributed by atoms with E-state index in [1.54, 1.807) is 19.1 Å². The molecule has 0 amide bonds. The Morgan fingerprint density at radius 3 is 2.55 bits per heavy atom. The number of carbonyl (C=O) groups is 1. The smallest absolute Gasteiger partial charge is 0.333 e. The van der Waals surface area contributed by atoms with Crippen LogP contribution in [0.15, 0.2) is 82.0 Å². The zero-order valence-electron chi connectivity index (χ0n) is 23.0. The number of benzene rings is 3. The number of ether oxygens (including phenoxy) is 1. The van der Waals surface area contributed by atoms with Crippen LogP contribution in [0.4, 0.5) is 5.69 Å². The number of hydrogen-bond donors (Lipinski definition) is 1. The van der Waals surface area contributed by atoms with Gasteiger partial charge in [0.2, 0.25) is 10.0 Å². The van der Waals surface area contributed by atoms with Crippen molar-refractivity contribution in [3.05, 3.63) is 88.6 Å². The molecular weight excluding hydrogens is 528 g/mol. The molecule has 0 radical (unpaired) electrons. The Balaban J connectivity index is 1.64. The number of sulfonamides is 1. The minimum Gasteiger partial charge on any atom is -0.462 e. The molecule has 0 unspecified atom stereocenters. The second-order valence-electron chi connectivity index (χ2n) is 9.61. The largest absolute Gasteiger partial charge is 0.462 e. The molecule has 0 saturated carbocycles. The predicted molar refractivity (Wildman–Crippen MR) is 159 cm³/mol. The first-order valence-corrected chi connectivity index (χ1v) is 14.9. The zero-order chi connectivity index (χ0) is 28.9. The highest BCUT2D eigenvalue weighted by Gasteiger charge is 2.19. The first kappa shape index (κ1) is 29.0. The van der Waals surface area contributed by atoms with E-state index in [-0.39, 0.29) is 24.3 Å². The van der Waals surface area contributed by atoms with Gasteiger partial charge in [0.15, 0.2) is 5.43 Å². The molecule has 0 fully saturated rings. The fraction of sp³-hybridized carbons (Fsp3) is 0.290. The molecule has 1 aliphatic heterocycles. The summed E-state index contributed by atoms with van der Waals surface area (Å²) in [7, 11) is -3.64. The molecule has 8 nitrogen and oxygen atoms in total. The summed E-state index contributed by atoms with van der Waals surface area (Å²) in [5.41, 5.74) is 4.88. The van der Waals surface area contributed by atoms with Crippen molar-refractivity contribution in [2.24, 2.45) is 0 Å². The van der Waals surface area contributed by atoms with Crippen LogP contribution in [0.3, 0.4) is 0 Å². The standard InChI is InChI=1S/C31H34N2O6S/c1-5-33(6-2)24-11-13-26-28(18-24)39-29-19-25(34)12-14-27(29)30(26)23-10-7-9-22(17-23)20-40(36,37)32-15-8-16-38-31(35)21(3)4/h7,9-14,17-19,32H,3,5-6,8,15-16,20H2,1-2,4H3. The SMILES string of the molecule is C=C(C)C(=O)OCCCNS(=O)(=O)Cc1cccc(-c2c3ccc(=O)cc-3oc3cc(N(CC)CC)ccc23)c1. The normalized spacial score (nSPS) is 11.6. The quantitative estimate of drug-likeness (QED) is 0.108. The Morgan fingerprint density at radius 1 is 1.05 bits per heavy atom. The maximum absolute atomic E-state index is 12.8. The molecule has 0 atom stereocenters. The summed E-state index contributed by atoms with van der Waals surface area (Å²) in [6.07, 6.45) is 0.348. The number of fused-ring (bicyclic) bond motifs is 2. The molecule has 210 valence electrons. The first-order valence-electron chi connectivity index (χ1n) is 13.3. The predicted octanol–water partition coefficient (Wildman–Crippen LogP) is 5.34. The van der Waals surface area contributed by atoms with Crippen molar-refractivity contribution >= 4 is 32.6 Å². The van der Waals surface area contributed by atoms with E-state index in [9.17, 15) is 18.0 Å². The van der Waals surface area contributed by atoms with E-state index in [0.717, 1.165) is 40.9 Å². The molecule has 1 N–H and O–H groups in total. The maximum Gasteiger partial charge on any atom is 0.333 e. The Bertz CT molecular complexity index is 1670.